The summed E-state index contributed by atoms with van der Waals surface area (Å²) in [5, 5.41) is 10.9. The normalized spacial score (nSPS) is 23.4. The molecule has 19 heavy (non-hydrogen) atoms. The Morgan fingerprint density at radius 1 is 1.32 bits per heavy atom. The zero-order chi connectivity index (χ0) is 13.2. The third-order valence-corrected chi connectivity index (χ3v) is 3.82. The summed E-state index contributed by atoms with van der Waals surface area (Å²) >= 11 is 0. The molecule has 0 bridgehead atoms. The Labute approximate surface area is 111 Å². The molecule has 5 heteroatoms. The van der Waals surface area contributed by atoms with Crippen LogP contribution in [0.2, 0.25) is 0 Å². The first kappa shape index (κ1) is 12.2. The molecule has 1 aliphatic rings. The highest BCUT2D eigenvalue weighted by molar-refractivity contribution is 6.04. The van der Waals surface area contributed by atoms with Crippen LogP contribution in [0, 0.1) is 0 Å². The van der Waals surface area contributed by atoms with Crippen LogP contribution in [0.5, 0.6) is 0 Å². The molecule has 1 aliphatic carbocycles. The van der Waals surface area contributed by atoms with Crippen molar-refractivity contribution in [3.05, 3.63) is 30.0 Å². The van der Waals surface area contributed by atoms with Crippen molar-refractivity contribution in [1.29, 1.82) is 0 Å². The molecule has 2 aromatic rings. The van der Waals surface area contributed by atoms with E-state index in [4.69, 9.17) is 5.73 Å². The quantitative estimate of drug-likeness (QED) is 0.764. The molecule has 2 unspecified atom stereocenters. The highest BCUT2D eigenvalue weighted by atomic mass is 16.2. The van der Waals surface area contributed by atoms with Crippen molar-refractivity contribution in [1.82, 2.24) is 15.5 Å². The van der Waals surface area contributed by atoms with Crippen molar-refractivity contribution in [3.63, 3.8) is 0 Å². The molecule has 2 atom stereocenters. The van der Waals surface area contributed by atoms with Crippen LogP contribution >= 0.6 is 0 Å². The van der Waals surface area contributed by atoms with E-state index in [1.807, 2.05) is 24.3 Å². The van der Waals surface area contributed by atoms with E-state index in [0.717, 1.165) is 36.6 Å². The molecule has 5 nitrogen and oxygen atoms in total. The topological polar surface area (TPSA) is 83.8 Å². The summed E-state index contributed by atoms with van der Waals surface area (Å²) in [5.41, 5.74) is 7.38. The minimum atomic E-state index is -0.139. The molecule has 0 aliphatic heterocycles. The van der Waals surface area contributed by atoms with Crippen LogP contribution in [0.15, 0.2) is 24.3 Å². The number of rotatable bonds is 2. The van der Waals surface area contributed by atoms with E-state index in [0.29, 0.717) is 5.69 Å². The lowest BCUT2D eigenvalue weighted by molar-refractivity contribution is 0.0918. The largest absolute Gasteiger partial charge is 0.346 e. The molecule has 0 radical (unpaired) electrons. The van der Waals surface area contributed by atoms with Gasteiger partial charge in [-0.3, -0.25) is 9.89 Å². The lowest BCUT2D eigenvalue weighted by Gasteiger charge is -2.29. The fourth-order valence-electron chi connectivity index (χ4n) is 2.71. The summed E-state index contributed by atoms with van der Waals surface area (Å²) in [4.78, 5) is 12.3. The van der Waals surface area contributed by atoms with Gasteiger partial charge in [-0.1, -0.05) is 31.0 Å². The van der Waals surface area contributed by atoms with E-state index in [-0.39, 0.29) is 18.0 Å². The van der Waals surface area contributed by atoms with E-state index < -0.39 is 0 Å². The molecular formula is C14H18N4O. The van der Waals surface area contributed by atoms with Gasteiger partial charge in [0.15, 0.2) is 5.69 Å². The van der Waals surface area contributed by atoms with Gasteiger partial charge in [-0.05, 0) is 18.9 Å². The number of H-pyrrole nitrogens is 1. The van der Waals surface area contributed by atoms with Crippen molar-refractivity contribution in [3.8, 4) is 0 Å². The average molecular weight is 258 g/mol. The molecule has 4 N–H and O–H groups in total. The highest BCUT2D eigenvalue weighted by Crippen LogP contribution is 2.19. The smallest absolute Gasteiger partial charge is 0.272 e. The molecule has 1 aromatic carbocycles. The molecule has 1 saturated carbocycles. The molecule has 0 spiro atoms. The van der Waals surface area contributed by atoms with Crippen LogP contribution in [0.3, 0.4) is 0 Å². The van der Waals surface area contributed by atoms with E-state index >= 15 is 0 Å². The minimum Gasteiger partial charge on any atom is -0.346 e. The van der Waals surface area contributed by atoms with Gasteiger partial charge in [-0.15, -0.1) is 0 Å². The Kier molecular flexibility index (Phi) is 3.21. The first-order valence-electron chi connectivity index (χ1n) is 6.75. The number of nitrogens with zero attached hydrogens (tertiary/aromatic N) is 1. The van der Waals surface area contributed by atoms with Gasteiger partial charge in [0.2, 0.25) is 0 Å². The minimum absolute atomic E-state index is 0.0582. The van der Waals surface area contributed by atoms with Gasteiger partial charge < -0.3 is 11.1 Å². The van der Waals surface area contributed by atoms with Gasteiger partial charge >= 0.3 is 0 Å². The summed E-state index contributed by atoms with van der Waals surface area (Å²) in [6.45, 7) is 0. The highest BCUT2D eigenvalue weighted by Gasteiger charge is 2.25. The summed E-state index contributed by atoms with van der Waals surface area (Å²) in [6.07, 6.45) is 4.21. The number of fused-ring (bicyclic) bond motifs is 1. The zero-order valence-corrected chi connectivity index (χ0v) is 10.7. The number of hydrogen-bond acceptors (Lipinski definition) is 3. The maximum absolute atomic E-state index is 12.3. The first-order valence-corrected chi connectivity index (χ1v) is 6.75. The van der Waals surface area contributed by atoms with Crippen LogP contribution in [-0.4, -0.2) is 28.2 Å². The second-order valence-corrected chi connectivity index (χ2v) is 5.15. The number of carbonyl (C=O) groups excluding carboxylic acids is 1. The summed E-state index contributed by atoms with van der Waals surface area (Å²) in [5.74, 6) is -0.139. The number of para-hydroxylation sites is 1. The third-order valence-electron chi connectivity index (χ3n) is 3.82. The Bertz CT molecular complexity index is 592. The fourth-order valence-corrected chi connectivity index (χ4v) is 2.71. The second kappa shape index (κ2) is 5.01. The lowest BCUT2D eigenvalue weighted by atomic mass is 9.91. The monoisotopic (exact) mass is 258 g/mol. The maximum atomic E-state index is 12.3. The van der Waals surface area contributed by atoms with Crippen LogP contribution in [0.4, 0.5) is 0 Å². The van der Waals surface area contributed by atoms with Gasteiger partial charge in [-0.2, -0.15) is 5.10 Å². The van der Waals surface area contributed by atoms with Crippen LogP contribution in [0.25, 0.3) is 10.9 Å². The summed E-state index contributed by atoms with van der Waals surface area (Å²) < 4.78 is 0. The first-order chi connectivity index (χ1) is 9.25. The van der Waals surface area contributed by atoms with E-state index in [1.165, 1.54) is 0 Å². The zero-order valence-electron chi connectivity index (χ0n) is 10.7. The van der Waals surface area contributed by atoms with Crippen molar-refractivity contribution in [2.45, 2.75) is 37.8 Å². The van der Waals surface area contributed by atoms with Gasteiger partial charge in [0, 0.05) is 17.5 Å². The molecule has 1 fully saturated rings. The number of nitrogens with one attached hydrogen (secondary N) is 2. The Morgan fingerprint density at radius 3 is 2.95 bits per heavy atom. The van der Waals surface area contributed by atoms with Crippen molar-refractivity contribution in [2.24, 2.45) is 5.73 Å². The average Bonchev–Trinajstić information content (AvgIpc) is 2.85. The molecule has 1 heterocycles. The number of benzene rings is 1. The lowest BCUT2D eigenvalue weighted by Crippen LogP contribution is -2.49. The third kappa shape index (κ3) is 2.33. The number of amides is 1. The van der Waals surface area contributed by atoms with Crippen molar-refractivity contribution < 1.29 is 4.79 Å². The molecule has 3 rings (SSSR count). The second-order valence-electron chi connectivity index (χ2n) is 5.15. The van der Waals surface area contributed by atoms with Gasteiger partial charge in [0.05, 0.1) is 5.52 Å². The molecular weight excluding hydrogens is 240 g/mol. The van der Waals surface area contributed by atoms with Crippen LogP contribution in [-0.2, 0) is 0 Å². The number of aromatic amines is 1. The SMILES string of the molecule is NC1CCCCC1NC(=O)c1n[nH]c2ccccc12. The number of aromatic nitrogens is 2. The van der Waals surface area contributed by atoms with E-state index in [2.05, 4.69) is 15.5 Å². The fraction of sp³-hybridized carbons (Fsp3) is 0.429. The molecule has 0 saturated heterocycles. The Morgan fingerprint density at radius 2 is 2.11 bits per heavy atom. The van der Waals surface area contributed by atoms with Crippen molar-refractivity contribution >= 4 is 16.8 Å². The summed E-state index contributed by atoms with van der Waals surface area (Å²) in [6, 6.07) is 7.75. The van der Waals surface area contributed by atoms with Crippen LogP contribution in [0.1, 0.15) is 36.2 Å². The maximum Gasteiger partial charge on any atom is 0.272 e. The van der Waals surface area contributed by atoms with Gasteiger partial charge in [0.25, 0.3) is 5.91 Å². The predicted molar refractivity (Wildman–Crippen MR) is 73.8 cm³/mol. The Hall–Kier alpha value is -1.88. The Balaban J connectivity index is 1.80. The molecule has 100 valence electrons. The van der Waals surface area contributed by atoms with E-state index in [9.17, 15) is 4.79 Å². The predicted octanol–water partition coefficient (Wildman–Crippen LogP) is 1.56. The van der Waals surface area contributed by atoms with Gasteiger partial charge in [0.1, 0.15) is 0 Å². The van der Waals surface area contributed by atoms with E-state index in [1.54, 1.807) is 0 Å². The number of hydrogen-bond donors (Lipinski definition) is 3. The van der Waals surface area contributed by atoms with Gasteiger partial charge in [-0.25, -0.2) is 0 Å². The number of nitrogens with two attached hydrogens (primary N) is 1. The van der Waals surface area contributed by atoms with Crippen LogP contribution < -0.4 is 11.1 Å². The number of carbonyl (C=O) groups is 1. The molecule has 1 amide bonds. The summed E-state index contributed by atoms with van der Waals surface area (Å²) in [7, 11) is 0. The molecule has 1 aromatic heterocycles. The van der Waals surface area contributed by atoms with Crippen molar-refractivity contribution in [2.75, 3.05) is 0 Å². The standard InChI is InChI=1S/C14H18N4O/c15-10-6-2-4-8-12(10)16-14(19)13-9-5-1-3-7-11(9)17-18-13/h1,3,5,7,10,12H,2,4,6,8,15H2,(H,16,19)(H,17,18).